The molecule has 0 aliphatic heterocycles. The molecule has 7 heteroatoms. The van der Waals surface area contributed by atoms with E-state index in [1.807, 2.05) is 37.3 Å². The lowest BCUT2D eigenvalue weighted by Crippen LogP contribution is -2.27. The van der Waals surface area contributed by atoms with Gasteiger partial charge in [0.05, 0.1) is 11.7 Å². The molecule has 0 spiro atoms. The molecule has 5 nitrogen and oxygen atoms in total. The van der Waals surface area contributed by atoms with E-state index in [-0.39, 0.29) is 28.9 Å². The molecule has 2 N–H and O–H groups in total. The van der Waals surface area contributed by atoms with E-state index in [9.17, 15) is 18.4 Å². The molecule has 1 heterocycles. The molecule has 0 aliphatic rings. The smallest absolute Gasteiger partial charge is 0.274 e. The summed E-state index contributed by atoms with van der Waals surface area (Å²) in [6.45, 7) is 1.85. The first-order chi connectivity index (χ1) is 13.4. The van der Waals surface area contributed by atoms with Crippen molar-refractivity contribution in [2.45, 2.75) is 13.0 Å². The quantitative estimate of drug-likeness (QED) is 0.699. The van der Waals surface area contributed by atoms with Gasteiger partial charge in [-0.1, -0.05) is 30.3 Å². The molecular weight excluding hydrogens is 364 g/mol. The highest BCUT2D eigenvalue weighted by Gasteiger charge is 2.16. The van der Waals surface area contributed by atoms with E-state index in [2.05, 4.69) is 15.6 Å². The highest BCUT2D eigenvalue weighted by Crippen LogP contribution is 2.16. The minimum atomic E-state index is -0.904. The van der Waals surface area contributed by atoms with Crippen LogP contribution in [-0.2, 0) is 0 Å². The molecule has 142 valence electrons. The Hall–Kier alpha value is -3.61. The Labute approximate surface area is 160 Å². The Kier molecular flexibility index (Phi) is 5.74. The zero-order valence-electron chi connectivity index (χ0n) is 14.9. The summed E-state index contributed by atoms with van der Waals surface area (Å²) in [7, 11) is 0. The number of pyridine rings is 1. The molecule has 1 unspecified atom stereocenters. The molecule has 0 bridgehead atoms. The van der Waals surface area contributed by atoms with Gasteiger partial charge in [0.15, 0.2) is 0 Å². The van der Waals surface area contributed by atoms with Crippen molar-refractivity contribution in [3.8, 4) is 0 Å². The molecule has 0 aliphatic carbocycles. The molecule has 1 atom stereocenters. The van der Waals surface area contributed by atoms with Gasteiger partial charge >= 0.3 is 0 Å². The van der Waals surface area contributed by atoms with E-state index in [0.29, 0.717) is 6.07 Å². The van der Waals surface area contributed by atoms with Crippen LogP contribution in [0.4, 0.5) is 14.5 Å². The maximum absolute atomic E-state index is 13.7. The molecule has 28 heavy (non-hydrogen) atoms. The lowest BCUT2D eigenvalue weighted by molar-refractivity contribution is 0.0939. The fraction of sp³-hybridized carbons (Fsp3) is 0.0952. The van der Waals surface area contributed by atoms with E-state index >= 15 is 0 Å². The van der Waals surface area contributed by atoms with Crippen LogP contribution in [0.3, 0.4) is 0 Å². The molecule has 1 aromatic heterocycles. The average molecular weight is 381 g/mol. The molecule has 2 aromatic carbocycles. The number of carbonyl (C=O) groups excluding carboxylic acids is 2. The Morgan fingerprint density at radius 2 is 1.71 bits per heavy atom. The Morgan fingerprint density at radius 1 is 0.964 bits per heavy atom. The third-order valence-electron chi connectivity index (χ3n) is 4.08. The number of aromatic nitrogens is 1. The SMILES string of the molecule is CC(NC(=O)c1ccnc(C(=O)Nc2ccc(F)cc2F)c1)c1ccccc1. The minimum absolute atomic E-state index is 0.0660. The summed E-state index contributed by atoms with van der Waals surface area (Å²) in [5.74, 6) is -2.74. The topological polar surface area (TPSA) is 71.1 Å². The summed E-state index contributed by atoms with van der Waals surface area (Å²) in [5, 5.41) is 5.16. The maximum atomic E-state index is 13.7. The molecule has 0 saturated heterocycles. The minimum Gasteiger partial charge on any atom is -0.346 e. The van der Waals surface area contributed by atoms with Gasteiger partial charge in [0.2, 0.25) is 0 Å². The number of amides is 2. The van der Waals surface area contributed by atoms with Crippen molar-refractivity contribution in [1.82, 2.24) is 10.3 Å². The number of carbonyl (C=O) groups is 2. The lowest BCUT2D eigenvalue weighted by atomic mass is 10.1. The van der Waals surface area contributed by atoms with Crippen molar-refractivity contribution in [1.29, 1.82) is 0 Å². The number of anilines is 1. The van der Waals surface area contributed by atoms with Crippen molar-refractivity contribution < 1.29 is 18.4 Å². The van der Waals surface area contributed by atoms with Gasteiger partial charge in [-0.3, -0.25) is 14.6 Å². The number of halogens is 2. The summed E-state index contributed by atoms with van der Waals surface area (Å²) in [6.07, 6.45) is 1.32. The largest absolute Gasteiger partial charge is 0.346 e. The van der Waals surface area contributed by atoms with Crippen LogP contribution in [0.25, 0.3) is 0 Å². The molecular formula is C21H17F2N3O2. The van der Waals surface area contributed by atoms with Crippen molar-refractivity contribution in [2.24, 2.45) is 0 Å². The van der Waals surface area contributed by atoms with E-state index < -0.39 is 17.5 Å². The van der Waals surface area contributed by atoms with Gasteiger partial charge < -0.3 is 10.6 Å². The molecule has 2 amide bonds. The predicted octanol–water partition coefficient (Wildman–Crippen LogP) is 4.10. The van der Waals surface area contributed by atoms with Crippen LogP contribution in [0.1, 0.15) is 39.4 Å². The molecule has 0 saturated carbocycles. The summed E-state index contributed by atoms with van der Waals surface area (Å²) < 4.78 is 26.7. The second kappa shape index (κ2) is 8.39. The monoisotopic (exact) mass is 381 g/mol. The Balaban J connectivity index is 1.72. The fourth-order valence-corrected chi connectivity index (χ4v) is 2.58. The zero-order valence-corrected chi connectivity index (χ0v) is 14.9. The van der Waals surface area contributed by atoms with Gasteiger partial charge in [0.25, 0.3) is 11.8 Å². The molecule has 3 aromatic rings. The van der Waals surface area contributed by atoms with Gasteiger partial charge in [0, 0.05) is 17.8 Å². The number of nitrogens with one attached hydrogen (secondary N) is 2. The van der Waals surface area contributed by atoms with Crippen molar-refractivity contribution >= 4 is 17.5 Å². The number of nitrogens with zero attached hydrogens (tertiary/aromatic N) is 1. The molecule has 0 fully saturated rings. The summed E-state index contributed by atoms with van der Waals surface area (Å²) >= 11 is 0. The van der Waals surface area contributed by atoms with Crippen LogP contribution in [0, 0.1) is 11.6 Å². The highest BCUT2D eigenvalue weighted by molar-refractivity contribution is 6.04. The van der Waals surface area contributed by atoms with E-state index in [1.54, 1.807) is 0 Å². The highest BCUT2D eigenvalue weighted by atomic mass is 19.1. The summed E-state index contributed by atoms with van der Waals surface area (Å²) in [4.78, 5) is 28.7. The maximum Gasteiger partial charge on any atom is 0.274 e. The standard InChI is InChI=1S/C21H17F2N3O2/c1-13(14-5-3-2-4-6-14)25-20(27)15-9-10-24-19(11-15)21(28)26-18-8-7-16(22)12-17(18)23/h2-13H,1H3,(H,25,27)(H,26,28). The number of benzene rings is 2. The van der Waals surface area contributed by atoms with E-state index in [1.165, 1.54) is 18.3 Å². The van der Waals surface area contributed by atoms with Gasteiger partial charge in [0.1, 0.15) is 17.3 Å². The van der Waals surface area contributed by atoms with Gasteiger partial charge in [-0.25, -0.2) is 8.78 Å². The van der Waals surface area contributed by atoms with Crippen LogP contribution >= 0.6 is 0 Å². The Bertz CT molecular complexity index is 1010. The van der Waals surface area contributed by atoms with Crippen LogP contribution in [0.15, 0.2) is 66.9 Å². The first-order valence-corrected chi connectivity index (χ1v) is 8.52. The molecule has 0 radical (unpaired) electrons. The zero-order chi connectivity index (χ0) is 20.1. The van der Waals surface area contributed by atoms with E-state index in [4.69, 9.17) is 0 Å². The second-order valence-corrected chi connectivity index (χ2v) is 6.11. The van der Waals surface area contributed by atoms with Crippen LogP contribution in [-0.4, -0.2) is 16.8 Å². The number of hydrogen-bond acceptors (Lipinski definition) is 3. The second-order valence-electron chi connectivity index (χ2n) is 6.11. The normalized spacial score (nSPS) is 11.5. The van der Waals surface area contributed by atoms with Gasteiger partial charge in [-0.15, -0.1) is 0 Å². The number of hydrogen-bond donors (Lipinski definition) is 2. The van der Waals surface area contributed by atoms with Crippen LogP contribution < -0.4 is 10.6 Å². The summed E-state index contributed by atoms with van der Waals surface area (Å²) in [5.41, 5.74) is 0.932. The average Bonchev–Trinajstić information content (AvgIpc) is 2.70. The number of rotatable bonds is 5. The van der Waals surface area contributed by atoms with Crippen LogP contribution in [0.2, 0.25) is 0 Å². The van der Waals surface area contributed by atoms with Crippen LogP contribution in [0.5, 0.6) is 0 Å². The first kappa shape index (κ1) is 19.2. The first-order valence-electron chi connectivity index (χ1n) is 8.52. The third-order valence-corrected chi connectivity index (χ3v) is 4.08. The van der Waals surface area contributed by atoms with Gasteiger partial charge in [-0.2, -0.15) is 0 Å². The summed E-state index contributed by atoms with van der Waals surface area (Å²) in [6, 6.07) is 14.8. The van der Waals surface area contributed by atoms with E-state index in [0.717, 1.165) is 17.7 Å². The van der Waals surface area contributed by atoms with Crippen molar-refractivity contribution in [2.75, 3.05) is 5.32 Å². The predicted molar refractivity (Wildman–Crippen MR) is 101 cm³/mol. The van der Waals surface area contributed by atoms with Crippen molar-refractivity contribution in [3.05, 3.63) is 95.3 Å². The third kappa shape index (κ3) is 4.56. The lowest BCUT2D eigenvalue weighted by Gasteiger charge is -2.14. The Morgan fingerprint density at radius 3 is 2.43 bits per heavy atom. The molecule has 3 rings (SSSR count). The fourth-order valence-electron chi connectivity index (χ4n) is 2.58. The van der Waals surface area contributed by atoms with Gasteiger partial charge in [-0.05, 0) is 36.8 Å². The van der Waals surface area contributed by atoms with Crippen molar-refractivity contribution in [3.63, 3.8) is 0 Å².